The van der Waals surface area contributed by atoms with Gasteiger partial charge < -0.3 is 4.90 Å². The van der Waals surface area contributed by atoms with Gasteiger partial charge in [-0.1, -0.05) is 38.8 Å². The predicted molar refractivity (Wildman–Crippen MR) is 82.0 cm³/mol. The standard InChI is InChI=1S/C16H24ClNO/c1-4-13(3)12-18(5-2)11-10-16(19)14-6-8-15(17)9-7-14/h6-9,13H,4-5,10-12H2,1-3H3. The van der Waals surface area contributed by atoms with Gasteiger partial charge in [0.15, 0.2) is 5.78 Å². The lowest BCUT2D eigenvalue weighted by molar-refractivity contribution is 0.0961. The van der Waals surface area contributed by atoms with Gasteiger partial charge in [0.05, 0.1) is 0 Å². The van der Waals surface area contributed by atoms with Gasteiger partial charge >= 0.3 is 0 Å². The van der Waals surface area contributed by atoms with Gasteiger partial charge in [-0.25, -0.2) is 0 Å². The second-order valence-corrected chi connectivity index (χ2v) is 5.52. The smallest absolute Gasteiger partial charge is 0.164 e. The summed E-state index contributed by atoms with van der Waals surface area (Å²) in [6.07, 6.45) is 1.76. The maximum Gasteiger partial charge on any atom is 0.164 e. The maximum absolute atomic E-state index is 12.1. The monoisotopic (exact) mass is 281 g/mol. The summed E-state index contributed by atoms with van der Waals surface area (Å²) >= 11 is 5.82. The van der Waals surface area contributed by atoms with Crippen molar-refractivity contribution in [3.05, 3.63) is 34.9 Å². The highest BCUT2D eigenvalue weighted by Gasteiger charge is 2.11. The summed E-state index contributed by atoms with van der Waals surface area (Å²) in [5, 5.41) is 0.670. The van der Waals surface area contributed by atoms with Gasteiger partial charge in [-0.2, -0.15) is 0 Å². The number of Topliss-reactive ketones (excluding diaryl/α,β-unsaturated/α-hetero) is 1. The van der Waals surface area contributed by atoms with Crippen molar-refractivity contribution in [3.63, 3.8) is 0 Å². The first kappa shape index (κ1) is 16.2. The average molecular weight is 282 g/mol. The Balaban J connectivity index is 2.46. The summed E-state index contributed by atoms with van der Waals surface area (Å²) < 4.78 is 0. The zero-order valence-electron chi connectivity index (χ0n) is 12.2. The number of benzene rings is 1. The van der Waals surface area contributed by atoms with Crippen LogP contribution in [0.5, 0.6) is 0 Å². The molecule has 0 heterocycles. The van der Waals surface area contributed by atoms with Crippen molar-refractivity contribution in [2.75, 3.05) is 19.6 Å². The number of nitrogens with zero attached hydrogens (tertiary/aromatic N) is 1. The van der Waals surface area contributed by atoms with E-state index in [0.29, 0.717) is 17.4 Å². The molecule has 3 heteroatoms. The molecule has 0 spiro atoms. The molecule has 0 amide bonds. The average Bonchev–Trinajstić information content (AvgIpc) is 2.43. The van der Waals surface area contributed by atoms with Gasteiger partial charge in [0, 0.05) is 30.1 Å². The Hall–Kier alpha value is -0.860. The van der Waals surface area contributed by atoms with Crippen LogP contribution in [0.15, 0.2) is 24.3 Å². The van der Waals surface area contributed by atoms with Crippen LogP contribution in [0.1, 0.15) is 44.0 Å². The summed E-state index contributed by atoms with van der Waals surface area (Å²) in [5.74, 6) is 0.879. The molecule has 19 heavy (non-hydrogen) atoms. The molecule has 106 valence electrons. The van der Waals surface area contributed by atoms with E-state index in [2.05, 4.69) is 25.7 Å². The van der Waals surface area contributed by atoms with Crippen molar-refractivity contribution < 1.29 is 4.79 Å². The molecule has 1 unspecified atom stereocenters. The van der Waals surface area contributed by atoms with E-state index in [4.69, 9.17) is 11.6 Å². The highest BCUT2D eigenvalue weighted by atomic mass is 35.5. The Morgan fingerprint density at radius 1 is 1.26 bits per heavy atom. The molecule has 0 fully saturated rings. The quantitative estimate of drug-likeness (QED) is 0.663. The number of hydrogen-bond acceptors (Lipinski definition) is 2. The van der Waals surface area contributed by atoms with Crippen LogP contribution >= 0.6 is 11.6 Å². The molecule has 1 aromatic rings. The van der Waals surface area contributed by atoms with Crippen molar-refractivity contribution >= 4 is 17.4 Å². The minimum Gasteiger partial charge on any atom is -0.303 e. The molecule has 0 radical (unpaired) electrons. The molecular weight excluding hydrogens is 258 g/mol. The Morgan fingerprint density at radius 2 is 1.89 bits per heavy atom. The lowest BCUT2D eigenvalue weighted by Gasteiger charge is -2.23. The molecule has 0 aliphatic carbocycles. The highest BCUT2D eigenvalue weighted by Crippen LogP contribution is 2.12. The van der Waals surface area contributed by atoms with Crippen molar-refractivity contribution in [2.24, 2.45) is 5.92 Å². The number of rotatable bonds is 8. The van der Waals surface area contributed by atoms with E-state index in [1.165, 1.54) is 6.42 Å². The van der Waals surface area contributed by atoms with E-state index in [1.807, 2.05) is 0 Å². The number of carbonyl (C=O) groups excluding carboxylic acids is 1. The molecule has 1 atom stereocenters. The number of ketones is 1. The van der Waals surface area contributed by atoms with E-state index >= 15 is 0 Å². The minimum absolute atomic E-state index is 0.194. The van der Waals surface area contributed by atoms with Crippen LogP contribution in [-0.4, -0.2) is 30.3 Å². The number of hydrogen-bond donors (Lipinski definition) is 0. The van der Waals surface area contributed by atoms with E-state index < -0.39 is 0 Å². The zero-order chi connectivity index (χ0) is 14.3. The van der Waals surface area contributed by atoms with Crippen LogP contribution in [0, 0.1) is 5.92 Å². The van der Waals surface area contributed by atoms with Gasteiger partial charge in [0.2, 0.25) is 0 Å². The summed E-state index contributed by atoms with van der Waals surface area (Å²) in [4.78, 5) is 14.4. The van der Waals surface area contributed by atoms with Gasteiger partial charge in [-0.15, -0.1) is 0 Å². The normalized spacial score (nSPS) is 12.7. The summed E-state index contributed by atoms with van der Waals surface area (Å²) in [5.41, 5.74) is 0.754. The summed E-state index contributed by atoms with van der Waals surface area (Å²) in [7, 11) is 0. The van der Waals surface area contributed by atoms with Gasteiger partial charge in [0.1, 0.15) is 0 Å². The Labute approximate surface area is 121 Å². The SMILES string of the molecule is CCC(C)CN(CC)CCC(=O)c1ccc(Cl)cc1. The summed E-state index contributed by atoms with van der Waals surface area (Å²) in [6.45, 7) is 9.51. The highest BCUT2D eigenvalue weighted by molar-refractivity contribution is 6.30. The summed E-state index contributed by atoms with van der Waals surface area (Å²) in [6, 6.07) is 7.14. The van der Waals surface area contributed by atoms with Crippen LogP contribution in [0.3, 0.4) is 0 Å². The number of carbonyl (C=O) groups is 1. The third-order valence-corrected chi connectivity index (χ3v) is 3.79. The molecule has 1 aromatic carbocycles. The molecule has 0 bridgehead atoms. The van der Waals surface area contributed by atoms with Gasteiger partial charge in [-0.3, -0.25) is 4.79 Å². The lowest BCUT2D eigenvalue weighted by Crippen LogP contribution is -2.30. The van der Waals surface area contributed by atoms with Crippen LogP contribution in [0.4, 0.5) is 0 Å². The van der Waals surface area contributed by atoms with Gasteiger partial charge in [0.25, 0.3) is 0 Å². The second kappa shape index (κ2) is 8.34. The molecule has 0 aliphatic heterocycles. The molecular formula is C16H24ClNO. The molecule has 0 N–H and O–H groups in total. The van der Waals surface area contributed by atoms with Crippen molar-refractivity contribution in [1.29, 1.82) is 0 Å². The Kier molecular flexibility index (Phi) is 7.11. The topological polar surface area (TPSA) is 20.3 Å². The third kappa shape index (κ3) is 5.75. The van der Waals surface area contributed by atoms with E-state index in [-0.39, 0.29) is 5.78 Å². The van der Waals surface area contributed by atoms with E-state index in [0.717, 1.165) is 25.2 Å². The second-order valence-electron chi connectivity index (χ2n) is 5.09. The van der Waals surface area contributed by atoms with E-state index in [9.17, 15) is 4.79 Å². The minimum atomic E-state index is 0.194. The number of halogens is 1. The van der Waals surface area contributed by atoms with Gasteiger partial charge in [-0.05, 0) is 36.7 Å². The van der Waals surface area contributed by atoms with E-state index in [1.54, 1.807) is 24.3 Å². The Morgan fingerprint density at radius 3 is 2.42 bits per heavy atom. The first-order valence-corrected chi connectivity index (χ1v) is 7.45. The molecule has 1 rings (SSSR count). The lowest BCUT2D eigenvalue weighted by atomic mass is 10.1. The van der Waals surface area contributed by atoms with Crippen molar-refractivity contribution in [1.82, 2.24) is 4.90 Å². The zero-order valence-corrected chi connectivity index (χ0v) is 12.9. The Bertz CT molecular complexity index is 388. The first-order valence-electron chi connectivity index (χ1n) is 7.07. The van der Waals surface area contributed by atoms with Crippen LogP contribution in [0.25, 0.3) is 0 Å². The largest absolute Gasteiger partial charge is 0.303 e. The third-order valence-electron chi connectivity index (χ3n) is 3.54. The molecule has 0 aromatic heterocycles. The molecule has 0 saturated heterocycles. The maximum atomic E-state index is 12.1. The molecule has 0 aliphatic rings. The van der Waals surface area contributed by atoms with Crippen LogP contribution in [0.2, 0.25) is 5.02 Å². The molecule has 0 saturated carbocycles. The molecule has 2 nitrogen and oxygen atoms in total. The fourth-order valence-electron chi connectivity index (χ4n) is 1.99. The van der Waals surface area contributed by atoms with Crippen LogP contribution < -0.4 is 0 Å². The van der Waals surface area contributed by atoms with Crippen LogP contribution in [-0.2, 0) is 0 Å². The fraction of sp³-hybridized carbons (Fsp3) is 0.562. The van der Waals surface area contributed by atoms with Crippen molar-refractivity contribution in [2.45, 2.75) is 33.6 Å². The predicted octanol–water partition coefficient (Wildman–Crippen LogP) is 4.28. The fourth-order valence-corrected chi connectivity index (χ4v) is 2.11. The first-order chi connectivity index (χ1) is 9.06. The van der Waals surface area contributed by atoms with Crippen molar-refractivity contribution in [3.8, 4) is 0 Å².